The Morgan fingerprint density at radius 2 is 1.88 bits per heavy atom. The van der Waals surface area contributed by atoms with E-state index in [0.717, 1.165) is 18.1 Å². The van der Waals surface area contributed by atoms with Gasteiger partial charge in [0.15, 0.2) is 0 Å². The minimum Gasteiger partial charge on any atom is -0.373 e. The molecule has 1 fully saturated rings. The molecule has 26 heavy (non-hydrogen) atoms. The van der Waals surface area contributed by atoms with Crippen LogP contribution in [0.3, 0.4) is 0 Å². The molecule has 1 saturated heterocycles. The number of rotatable bonds is 6. The van der Waals surface area contributed by atoms with E-state index in [4.69, 9.17) is 4.74 Å². The SMILES string of the molecule is O=[N+]([O-])c1ccc(N/N=C/[C@H]2CCO[C@@H]2c2ccccc2)c([N+](=O)[O-])c1. The number of hydrogen-bond donors (Lipinski definition) is 1. The summed E-state index contributed by atoms with van der Waals surface area (Å²) in [6.45, 7) is 0.605. The van der Waals surface area contributed by atoms with Crippen molar-refractivity contribution in [2.45, 2.75) is 12.5 Å². The molecular formula is C17H16N4O5. The molecule has 0 aromatic heterocycles. The number of nitro benzene ring substituents is 2. The molecule has 1 heterocycles. The molecule has 0 spiro atoms. The van der Waals surface area contributed by atoms with Crippen LogP contribution in [0.25, 0.3) is 0 Å². The van der Waals surface area contributed by atoms with Gasteiger partial charge in [0.1, 0.15) is 5.69 Å². The van der Waals surface area contributed by atoms with Crippen LogP contribution in [0.5, 0.6) is 0 Å². The average Bonchev–Trinajstić information content (AvgIpc) is 3.11. The van der Waals surface area contributed by atoms with E-state index in [1.165, 1.54) is 12.1 Å². The van der Waals surface area contributed by atoms with E-state index in [1.807, 2.05) is 30.3 Å². The van der Waals surface area contributed by atoms with Gasteiger partial charge in [0.25, 0.3) is 5.69 Å². The Morgan fingerprint density at radius 3 is 2.58 bits per heavy atom. The first-order valence-electron chi connectivity index (χ1n) is 7.95. The topological polar surface area (TPSA) is 120 Å². The molecule has 0 radical (unpaired) electrons. The lowest BCUT2D eigenvalue weighted by Crippen LogP contribution is -2.10. The van der Waals surface area contributed by atoms with Gasteiger partial charge in [0, 0.05) is 24.8 Å². The molecular weight excluding hydrogens is 340 g/mol. The lowest BCUT2D eigenvalue weighted by atomic mass is 9.97. The quantitative estimate of drug-likeness (QED) is 0.479. The second-order valence-corrected chi connectivity index (χ2v) is 5.76. The number of ether oxygens (including phenoxy) is 1. The number of non-ortho nitro benzene ring substituents is 1. The molecule has 0 amide bonds. The van der Waals surface area contributed by atoms with E-state index >= 15 is 0 Å². The number of anilines is 1. The molecule has 0 bridgehead atoms. The maximum atomic E-state index is 11.1. The predicted octanol–water partition coefficient (Wildman–Crippen LogP) is 3.68. The molecule has 9 heteroatoms. The van der Waals surface area contributed by atoms with Gasteiger partial charge in [-0.1, -0.05) is 30.3 Å². The fourth-order valence-electron chi connectivity index (χ4n) is 2.83. The summed E-state index contributed by atoms with van der Waals surface area (Å²) in [5, 5.41) is 26.0. The van der Waals surface area contributed by atoms with Crippen molar-refractivity contribution in [1.29, 1.82) is 0 Å². The molecule has 0 aliphatic carbocycles. The molecule has 1 aliphatic rings. The van der Waals surface area contributed by atoms with Crippen LogP contribution in [0.1, 0.15) is 18.1 Å². The Balaban J connectivity index is 1.74. The normalized spacial score (nSPS) is 19.5. The van der Waals surface area contributed by atoms with Crippen LogP contribution in [0, 0.1) is 26.1 Å². The molecule has 3 rings (SSSR count). The Morgan fingerprint density at radius 1 is 1.12 bits per heavy atom. The molecule has 2 aromatic carbocycles. The summed E-state index contributed by atoms with van der Waals surface area (Å²) in [6.07, 6.45) is 2.33. The lowest BCUT2D eigenvalue weighted by molar-refractivity contribution is -0.393. The molecule has 0 saturated carbocycles. The van der Waals surface area contributed by atoms with Crippen molar-refractivity contribution >= 4 is 23.3 Å². The number of nitrogens with one attached hydrogen (secondary N) is 1. The van der Waals surface area contributed by atoms with E-state index in [2.05, 4.69) is 10.5 Å². The Labute approximate surface area is 148 Å². The third-order valence-electron chi connectivity index (χ3n) is 4.11. The Hall–Kier alpha value is -3.33. The largest absolute Gasteiger partial charge is 0.373 e. The highest BCUT2D eigenvalue weighted by Crippen LogP contribution is 2.33. The molecule has 2 aromatic rings. The van der Waals surface area contributed by atoms with Crippen molar-refractivity contribution in [1.82, 2.24) is 0 Å². The highest BCUT2D eigenvalue weighted by Gasteiger charge is 2.28. The first-order valence-corrected chi connectivity index (χ1v) is 7.95. The van der Waals surface area contributed by atoms with Gasteiger partial charge < -0.3 is 4.74 Å². The van der Waals surface area contributed by atoms with Crippen LogP contribution in [0.4, 0.5) is 17.1 Å². The van der Waals surface area contributed by atoms with Gasteiger partial charge in [-0.15, -0.1) is 0 Å². The summed E-state index contributed by atoms with van der Waals surface area (Å²) in [6, 6.07) is 13.1. The number of hydrogen-bond acceptors (Lipinski definition) is 7. The van der Waals surface area contributed by atoms with Crippen LogP contribution in [0.15, 0.2) is 53.6 Å². The first-order chi connectivity index (χ1) is 12.6. The average molecular weight is 356 g/mol. The van der Waals surface area contributed by atoms with Gasteiger partial charge in [-0.25, -0.2) is 0 Å². The second-order valence-electron chi connectivity index (χ2n) is 5.76. The zero-order chi connectivity index (χ0) is 18.5. The van der Waals surface area contributed by atoms with E-state index in [9.17, 15) is 20.2 Å². The third kappa shape index (κ3) is 3.83. The van der Waals surface area contributed by atoms with E-state index in [0.29, 0.717) is 6.61 Å². The zero-order valence-electron chi connectivity index (χ0n) is 13.6. The second kappa shape index (κ2) is 7.70. The van der Waals surface area contributed by atoms with E-state index < -0.39 is 15.5 Å². The summed E-state index contributed by atoms with van der Waals surface area (Å²) in [5.74, 6) is 0.0296. The number of benzene rings is 2. The van der Waals surface area contributed by atoms with Crippen molar-refractivity contribution in [3.05, 3.63) is 74.3 Å². The van der Waals surface area contributed by atoms with Crippen LogP contribution in [-0.4, -0.2) is 22.7 Å². The summed E-state index contributed by atoms with van der Waals surface area (Å²) in [5.41, 5.74) is 2.99. The fraction of sp³-hybridized carbons (Fsp3) is 0.235. The zero-order valence-corrected chi connectivity index (χ0v) is 13.6. The summed E-state index contributed by atoms with van der Waals surface area (Å²) < 4.78 is 5.76. The van der Waals surface area contributed by atoms with Crippen molar-refractivity contribution in [2.24, 2.45) is 11.0 Å². The van der Waals surface area contributed by atoms with Gasteiger partial charge in [0.05, 0.1) is 22.0 Å². The molecule has 1 N–H and O–H groups in total. The van der Waals surface area contributed by atoms with E-state index in [-0.39, 0.29) is 23.4 Å². The molecule has 1 aliphatic heterocycles. The van der Waals surface area contributed by atoms with Crippen LogP contribution in [-0.2, 0) is 4.74 Å². The highest BCUT2D eigenvalue weighted by molar-refractivity contribution is 5.68. The number of hydrazone groups is 1. The van der Waals surface area contributed by atoms with Gasteiger partial charge in [-0.2, -0.15) is 5.10 Å². The van der Waals surface area contributed by atoms with Crippen LogP contribution in [0.2, 0.25) is 0 Å². The highest BCUT2D eigenvalue weighted by atomic mass is 16.6. The number of nitro groups is 2. The maximum Gasteiger partial charge on any atom is 0.301 e. The molecule has 134 valence electrons. The lowest BCUT2D eigenvalue weighted by Gasteiger charge is -2.15. The Bertz CT molecular complexity index is 840. The minimum absolute atomic E-state index is 0.0296. The summed E-state index contributed by atoms with van der Waals surface area (Å²) in [7, 11) is 0. The van der Waals surface area contributed by atoms with Crippen molar-refractivity contribution in [3.8, 4) is 0 Å². The smallest absolute Gasteiger partial charge is 0.301 e. The first kappa shape index (κ1) is 17.5. The standard InChI is InChI=1S/C17H16N4O5/c22-20(23)14-6-7-15(16(10-14)21(24)25)19-18-11-13-8-9-26-17(13)12-4-2-1-3-5-12/h1-7,10-11,13,17,19H,8-9H2/b18-11+/t13-,17-/m1/s1. The van der Waals surface area contributed by atoms with Crippen molar-refractivity contribution in [3.63, 3.8) is 0 Å². The van der Waals surface area contributed by atoms with Crippen LogP contribution < -0.4 is 5.43 Å². The molecule has 9 nitrogen and oxygen atoms in total. The van der Waals surface area contributed by atoms with Gasteiger partial charge in [-0.3, -0.25) is 25.7 Å². The van der Waals surface area contributed by atoms with Gasteiger partial charge in [-0.05, 0) is 18.1 Å². The Kier molecular flexibility index (Phi) is 5.18. The number of nitrogens with zero attached hydrogens (tertiary/aromatic N) is 3. The predicted molar refractivity (Wildman–Crippen MR) is 95.1 cm³/mol. The van der Waals surface area contributed by atoms with E-state index in [1.54, 1.807) is 6.21 Å². The maximum absolute atomic E-state index is 11.1. The minimum atomic E-state index is -0.684. The summed E-state index contributed by atoms with van der Waals surface area (Å²) >= 11 is 0. The van der Waals surface area contributed by atoms with Gasteiger partial charge in [0.2, 0.25) is 0 Å². The molecule has 0 unspecified atom stereocenters. The fourth-order valence-corrected chi connectivity index (χ4v) is 2.83. The monoisotopic (exact) mass is 356 g/mol. The summed E-state index contributed by atoms with van der Waals surface area (Å²) in [4.78, 5) is 20.5. The van der Waals surface area contributed by atoms with Gasteiger partial charge >= 0.3 is 5.69 Å². The van der Waals surface area contributed by atoms with Crippen molar-refractivity contribution < 1.29 is 14.6 Å². The third-order valence-corrected chi connectivity index (χ3v) is 4.11. The molecule has 2 atom stereocenters. The van der Waals surface area contributed by atoms with Crippen molar-refractivity contribution in [2.75, 3.05) is 12.0 Å². The van der Waals surface area contributed by atoms with Crippen LogP contribution >= 0.6 is 0 Å².